The number of rotatable bonds is 6. The Morgan fingerprint density at radius 3 is 2.39 bits per heavy atom. The van der Waals surface area contributed by atoms with Crippen molar-refractivity contribution in [2.75, 3.05) is 11.6 Å². The van der Waals surface area contributed by atoms with Gasteiger partial charge in [-0.05, 0) is 23.4 Å². The van der Waals surface area contributed by atoms with Gasteiger partial charge < -0.3 is 11.1 Å². The molecule has 0 radical (unpaired) electrons. The molecule has 0 amide bonds. The Bertz CT molecular complexity index is 1100. The summed E-state index contributed by atoms with van der Waals surface area (Å²) < 4.78 is 1.09. The Hall–Kier alpha value is -2.61. The number of hydrogen-bond donors (Lipinski definition) is 3. The lowest BCUT2D eigenvalue weighted by atomic mass is 10.0. The number of nitrogens with two attached hydrogens (primary N) is 1. The summed E-state index contributed by atoms with van der Waals surface area (Å²) in [5.41, 5.74) is 11.0. The van der Waals surface area contributed by atoms with E-state index in [2.05, 4.69) is 47.1 Å². The largest absolute Gasteiger partial charge is 0.383 e. The Kier molecular flexibility index (Phi) is 5.47. The average Bonchev–Trinajstić information content (AvgIpc) is 3.36. The van der Waals surface area contributed by atoms with Gasteiger partial charge in [-0.3, -0.25) is 5.41 Å². The molecule has 2 heterocycles. The minimum absolute atomic E-state index is 0.0895. The van der Waals surface area contributed by atoms with Crippen LogP contribution in [0.1, 0.15) is 4.88 Å². The summed E-state index contributed by atoms with van der Waals surface area (Å²) >= 11 is 4.72. The number of benzene rings is 2. The van der Waals surface area contributed by atoms with Crippen molar-refractivity contribution in [1.82, 2.24) is 4.98 Å². The van der Waals surface area contributed by atoms with E-state index in [4.69, 9.17) is 16.1 Å². The van der Waals surface area contributed by atoms with Crippen molar-refractivity contribution in [2.24, 2.45) is 5.73 Å². The Balaban J connectivity index is 1.54. The van der Waals surface area contributed by atoms with Gasteiger partial charge in [0.05, 0.1) is 20.5 Å². The molecule has 0 aliphatic rings. The topological polar surface area (TPSA) is 74.8 Å². The fourth-order valence-corrected chi connectivity index (χ4v) is 5.16. The lowest BCUT2D eigenvalue weighted by Crippen LogP contribution is -2.08. The van der Waals surface area contributed by atoms with Crippen LogP contribution in [-0.2, 0) is 0 Å². The third-order valence-corrected chi connectivity index (χ3v) is 7.24. The fourth-order valence-electron chi connectivity index (χ4n) is 2.79. The second-order valence-electron chi connectivity index (χ2n) is 6.04. The standard InChI is InChI=1S/C21H18N4S3/c1-26-20-16(11-18(28-20)19(22)23)24-21-25-17(12-27-21)15-9-7-14(8-10-15)13-5-3-2-4-6-13/h2-12H,1H3,(H3,22,23)(H,24,25). The fraction of sp³-hybridized carbons (Fsp3) is 0.0476. The first-order valence-corrected chi connectivity index (χ1v) is 11.5. The highest BCUT2D eigenvalue weighted by molar-refractivity contribution is 8.00. The quantitative estimate of drug-likeness (QED) is 0.194. The van der Waals surface area contributed by atoms with E-state index in [1.165, 1.54) is 22.5 Å². The van der Waals surface area contributed by atoms with E-state index in [0.29, 0.717) is 0 Å². The molecule has 0 saturated heterocycles. The highest BCUT2D eigenvalue weighted by Crippen LogP contribution is 2.37. The maximum Gasteiger partial charge on any atom is 0.187 e. The van der Waals surface area contributed by atoms with E-state index in [0.717, 1.165) is 31.2 Å². The van der Waals surface area contributed by atoms with Crippen LogP contribution < -0.4 is 11.1 Å². The zero-order chi connectivity index (χ0) is 19.5. The second kappa shape index (κ2) is 8.18. The number of nitrogens with one attached hydrogen (secondary N) is 2. The van der Waals surface area contributed by atoms with Crippen LogP contribution in [0.15, 0.2) is 70.3 Å². The number of thiazole rings is 1. The van der Waals surface area contributed by atoms with Gasteiger partial charge in [0, 0.05) is 10.9 Å². The van der Waals surface area contributed by atoms with Crippen LogP contribution in [0, 0.1) is 5.41 Å². The van der Waals surface area contributed by atoms with E-state index in [9.17, 15) is 0 Å². The molecule has 4 N–H and O–H groups in total. The van der Waals surface area contributed by atoms with Crippen LogP contribution in [0.2, 0.25) is 0 Å². The van der Waals surface area contributed by atoms with Crippen molar-refractivity contribution >= 4 is 51.1 Å². The highest BCUT2D eigenvalue weighted by atomic mass is 32.2. The number of nitrogens with zero attached hydrogens (tertiary/aromatic N) is 1. The predicted molar refractivity (Wildman–Crippen MR) is 123 cm³/mol. The molecule has 0 saturated carbocycles. The molecule has 0 spiro atoms. The summed E-state index contributed by atoms with van der Waals surface area (Å²) in [6.07, 6.45) is 2.02. The lowest BCUT2D eigenvalue weighted by molar-refractivity contribution is 1.38. The minimum Gasteiger partial charge on any atom is -0.383 e. The van der Waals surface area contributed by atoms with E-state index in [1.807, 2.05) is 30.5 Å². The molecule has 28 heavy (non-hydrogen) atoms. The molecule has 0 fully saturated rings. The number of thiophene rings is 1. The summed E-state index contributed by atoms with van der Waals surface area (Å²) in [7, 11) is 0. The molecule has 0 aliphatic carbocycles. The maximum absolute atomic E-state index is 7.63. The number of thioether (sulfide) groups is 1. The normalized spacial score (nSPS) is 10.8. The molecule has 4 aromatic rings. The number of anilines is 2. The van der Waals surface area contributed by atoms with Gasteiger partial charge in [0.15, 0.2) is 5.13 Å². The third kappa shape index (κ3) is 3.96. The van der Waals surface area contributed by atoms with Crippen LogP contribution in [0.3, 0.4) is 0 Å². The highest BCUT2D eigenvalue weighted by Gasteiger charge is 2.12. The summed E-state index contributed by atoms with van der Waals surface area (Å²) in [6, 6.07) is 20.7. The van der Waals surface area contributed by atoms with Crippen LogP contribution >= 0.6 is 34.4 Å². The first kappa shape index (κ1) is 18.7. The zero-order valence-electron chi connectivity index (χ0n) is 15.1. The second-order valence-corrected chi connectivity index (χ2v) is 9.02. The van der Waals surface area contributed by atoms with Gasteiger partial charge >= 0.3 is 0 Å². The number of hydrogen-bond acceptors (Lipinski definition) is 6. The van der Waals surface area contributed by atoms with Gasteiger partial charge in [-0.1, -0.05) is 54.6 Å². The Labute approximate surface area is 176 Å². The Morgan fingerprint density at radius 1 is 1.04 bits per heavy atom. The Morgan fingerprint density at radius 2 is 1.71 bits per heavy atom. The summed E-state index contributed by atoms with van der Waals surface area (Å²) in [6.45, 7) is 0. The molecule has 140 valence electrons. The number of amidine groups is 1. The van der Waals surface area contributed by atoms with E-state index in [1.54, 1.807) is 23.1 Å². The first-order valence-electron chi connectivity index (χ1n) is 8.54. The van der Waals surface area contributed by atoms with E-state index < -0.39 is 0 Å². The number of aromatic nitrogens is 1. The van der Waals surface area contributed by atoms with Crippen LogP contribution in [0.4, 0.5) is 10.8 Å². The van der Waals surface area contributed by atoms with Gasteiger partial charge in [0.2, 0.25) is 0 Å². The monoisotopic (exact) mass is 422 g/mol. The molecular formula is C21H18N4S3. The van der Waals surface area contributed by atoms with Crippen molar-refractivity contribution in [3.8, 4) is 22.4 Å². The smallest absolute Gasteiger partial charge is 0.187 e. The molecule has 0 atom stereocenters. The van der Waals surface area contributed by atoms with Gasteiger partial charge in [0.25, 0.3) is 0 Å². The molecule has 2 aromatic heterocycles. The SMILES string of the molecule is CSc1sc(C(=N)N)cc1Nc1nc(-c2ccc(-c3ccccc3)cc2)cs1. The lowest BCUT2D eigenvalue weighted by Gasteiger charge is -2.03. The van der Waals surface area contributed by atoms with Crippen LogP contribution in [-0.4, -0.2) is 17.1 Å². The third-order valence-electron chi connectivity index (χ3n) is 4.18. The van der Waals surface area contributed by atoms with Crippen LogP contribution in [0.5, 0.6) is 0 Å². The van der Waals surface area contributed by atoms with Crippen molar-refractivity contribution in [1.29, 1.82) is 5.41 Å². The predicted octanol–water partition coefficient (Wildman–Crippen LogP) is 6.29. The van der Waals surface area contributed by atoms with E-state index >= 15 is 0 Å². The van der Waals surface area contributed by atoms with Crippen molar-refractivity contribution in [3.05, 3.63) is 70.9 Å². The van der Waals surface area contributed by atoms with Crippen molar-refractivity contribution in [2.45, 2.75) is 4.21 Å². The summed E-state index contributed by atoms with van der Waals surface area (Å²) in [5, 5.41) is 13.9. The molecule has 0 unspecified atom stereocenters. The molecule has 4 nitrogen and oxygen atoms in total. The van der Waals surface area contributed by atoms with Gasteiger partial charge in [0.1, 0.15) is 5.84 Å². The first-order chi connectivity index (χ1) is 13.6. The molecule has 0 bridgehead atoms. The van der Waals surface area contributed by atoms with Gasteiger partial charge in [-0.15, -0.1) is 34.4 Å². The molecule has 0 aliphatic heterocycles. The molecule has 7 heteroatoms. The summed E-state index contributed by atoms with van der Waals surface area (Å²) in [5.74, 6) is 0.0895. The van der Waals surface area contributed by atoms with E-state index in [-0.39, 0.29) is 5.84 Å². The minimum atomic E-state index is 0.0895. The number of nitrogen functional groups attached to an aromatic ring is 1. The van der Waals surface area contributed by atoms with Crippen LogP contribution in [0.25, 0.3) is 22.4 Å². The maximum atomic E-state index is 7.63. The average molecular weight is 423 g/mol. The van der Waals surface area contributed by atoms with Crippen molar-refractivity contribution < 1.29 is 0 Å². The molecule has 4 rings (SSSR count). The van der Waals surface area contributed by atoms with Crippen molar-refractivity contribution in [3.63, 3.8) is 0 Å². The summed E-state index contributed by atoms with van der Waals surface area (Å²) in [4.78, 5) is 5.49. The van der Waals surface area contributed by atoms with Gasteiger partial charge in [-0.25, -0.2) is 4.98 Å². The zero-order valence-corrected chi connectivity index (χ0v) is 17.5. The molecule has 2 aromatic carbocycles. The molecular weight excluding hydrogens is 404 g/mol. The van der Waals surface area contributed by atoms with Gasteiger partial charge in [-0.2, -0.15) is 0 Å².